The molecule has 1 aromatic carbocycles. The number of sulfonamides is 1. The van der Waals surface area contributed by atoms with Gasteiger partial charge < -0.3 is 20.3 Å². The summed E-state index contributed by atoms with van der Waals surface area (Å²) in [7, 11) is -1.70. The molecule has 1 amide bonds. The number of benzene rings is 1. The molecule has 1 aliphatic heterocycles. The van der Waals surface area contributed by atoms with Crippen LogP contribution in [0, 0.1) is 11.3 Å². The minimum absolute atomic E-state index is 0. The molecule has 0 unspecified atom stereocenters. The van der Waals surface area contributed by atoms with Gasteiger partial charge in [-0.05, 0) is 37.4 Å². The summed E-state index contributed by atoms with van der Waals surface area (Å²) in [6, 6.07) is 9.66. The number of H-pyrrole nitrogens is 1. The number of fused-ring (bicyclic) bond motifs is 1. The Kier molecular flexibility index (Phi) is 7.24. The summed E-state index contributed by atoms with van der Waals surface area (Å²) in [4.78, 5) is 21.5. The normalized spacial score (nSPS) is 15.0. The van der Waals surface area contributed by atoms with Crippen molar-refractivity contribution >= 4 is 39.2 Å². The largest absolute Gasteiger partial charge is 0.494 e. The van der Waals surface area contributed by atoms with Crippen LogP contribution in [0.1, 0.15) is 10.4 Å². The molecule has 12 heteroatoms. The van der Waals surface area contributed by atoms with Crippen molar-refractivity contribution in [3.05, 3.63) is 42.1 Å². The quantitative estimate of drug-likeness (QED) is 0.460. The number of rotatable bonds is 5. The first-order valence-corrected chi connectivity index (χ1v) is 11.4. The average molecular weight is 491 g/mol. The zero-order valence-corrected chi connectivity index (χ0v) is 19.4. The Balaban J connectivity index is 0.00000306. The van der Waals surface area contributed by atoms with Crippen LogP contribution in [-0.2, 0) is 10.0 Å². The fourth-order valence-electron chi connectivity index (χ4n) is 3.66. The van der Waals surface area contributed by atoms with Crippen LogP contribution in [-0.4, -0.2) is 78.4 Å². The van der Waals surface area contributed by atoms with E-state index in [1.807, 2.05) is 13.1 Å². The lowest BCUT2D eigenvalue weighted by molar-refractivity contribution is 0.0958. The van der Waals surface area contributed by atoms with E-state index < -0.39 is 15.9 Å². The van der Waals surface area contributed by atoms with E-state index in [-0.39, 0.29) is 29.7 Å². The lowest BCUT2D eigenvalue weighted by Gasteiger charge is -2.31. The maximum absolute atomic E-state index is 12.9. The van der Waals surface area contributed by atoms with Gasteiger partial charge in [-0.15, -0.1) is 12.4 Å². The van der Waals surface area contributed by atoms with Gasteiger partial charge in [0, 0.05) is 48.8 Å². The van der Waals surface area contributed by atoms with Crippen molar-refractivity contribution in [2.45, 2.75) is 4.90 Å². The molecule has 0 atom stereocenters. The molecule has 0 aliphatic carbocycles. The minimum atomic E-state index is -3.66. The molecule has 1 aliphatic rings. The number of likely N-dealkylation sites (N-methyl/N-ethyl adjacent to an activating group) is 1. The average Bonchev–Trinajstić information content (AvgIpc) is 3.12. The molecule has 1 saturated heterocycles. The summed E-state index contributed by atoms with van der Waals surface area (Å²) in [5.74, 6) is -0.557. The lowest BCUT2D eigenvalue weighted by atomic mass is 10.1. The van der Waals surface area contributed by atoms with Gasteiger partial charge in [0.05, 0.1) is 17.3 Å². The third-order valence-corrected chi connectivity index (χ3v) is 7.34. The Morgan fingerprint density at radius 1 is 1.24 bits per heavy atom. The number of nitrogens with one attached hydrogen (secondary N) is 2. The van der Waals surface area contributed by atoms with Crippen LogP contribution in [0.15, 0.2) is 41.4 Å². The van der Waals surface area contributed by atoms with E-state index in [1.54, 1.807) is 18.2 Å². The molecule has 0 saturated carbocycles. The maximum Gasteiger partial charge on any atom is 0.252 e. The van der Waals surface area contributed by atoms with Gasteiger partial charge in [-0.3, -0.25) is 9.78 Å². The Morgan fingerprint density at radius 3 is 2.61 bits per heavy atom. The van der Waals surface area contributed by atoms with Crippen LogP contribution in [0.4, 0.5) is 0 Å². The zero-order chi connectivity index (χ0) is 22.9. The predicted molar refractivity (Wildman–Crippen MR) is 125 cm³/mol. The number of piperazine rings is 1. The molecule has 3 N–H and O–H groups in total. The number of aromatic amines is 1. The van der Waals surface area contributed by atoms with Crippen molar-refractivity contribution in [2.75, 3.05) is 39.8 Å². The number of hydrogen-bond acceptors (Lipinski definition) is 7. The molecule has 0 spiro atoms. The van der Waals surface area contributed by atoms with Gasteiger partial charge in [-0.1, -0.05) is 0 Å². The molecule has 4 rings (SSSR count). The van der Waals surface area contributed by atoms with E-state index in [4.69, 9.17) is 5.26 Å². The smallest absolute Gasteiger partial charge is 0.252 e. The van der Waals surface area contributed by atoms with E-state index in [9.17, 15) is 18.3 Å². The summed E-state index contributed by atoms with van der Waals surface area (Å²) in [5, 5.41) is 22.1. The first kappa shape index (κ1) is 24.5. The minimum Gasteiger partial charge on any atom is -0.494 e. The number of hydrogen-bond donors (Lipinski definition) is 3. The van der Waals surface area contributed by atoms with E-state index in [0.29, 0.717) is 53.9 Å². The fraction of sp³-hybridized carbons (Fsp3) is 0.286. The monoisotopic (exact) mass is 490 g/mol. The van der Waals surface area contributed by atoms with Crippen LogP contribution >= 0.6 is 12.4 Å². The van der Waals surface area contributed by atoms with Gasteiger partial charge in [0.2, 0.25) is 10.0 Å². The predicted octanol–water partition coefficient (Wildman–Crippen LogP) is 1.55. The van der Waals surface area contributed by atoms with Crippen LogP contribution in [0.25, 0.3) is 22.2 Å². The summed E-state index contributed by atoms with van der Waals surface area (Å²) in [6.07, 6.45) is 1.28. The van der Waals surface area contributed by atoms with Crippen LogP contribution in [0.2, 0.25) is 0 Å². The SMILES string of the molecule is CN1CCN(S(=O)(=O)c2ccc(-c3c(O)[nH]c4ccc(C(=O)NCC#N)cc34)nc2)CC1.Cl. The topological polar surface area (TPSA) is 142 Å². The van der Waals surface area contributed by atoms with Gasteiger partial charge in [0.1, 0.15) is 11.4 Å². The van der Waals surface area contributed by atoms with E-state index in [2.05, 4.69) is 20.2 Å². The Morgan fingerprint density at radius 2 is 1.97 bits per heavy atom. The first-order chi connectivity index (χ1) is 15.3. The van der Waals surface area contributed by atoms with Crippen molar-refractivity contribution in [3.63, 3.8) is 0 Å². The van der Waals surface area contributed by atoms with E-state index in [1.165, 1.54) is 22.6 Å². The van der Waals surface area contributed by atoms with Crippen LogP contribution in [0.5, 0.6) is 5.88 Å². The van der Waals surface area contributed by atoms with E-state index in [0.717, 1.165) is 0 Å². The third-order valence-electron chi connectivity index (χ3n) is 5.46. The molecule has 174 valence electrons. The van der Waals surface area contributed by atoms with Gasteiger partial charge in [0.25, 0.3) is 5.91 Å². The van der Waals surface area contributed by atoms with Crippen molar-refractivity contribution < 1.29 is 18.3 Å². The third kappa shape index (κ3) is 4.79. The van der Waals surface area contributed by atoms with Crippen molar-refractivity contribution in [2.24, 2.45) is 0 Å². The fourth-order valence-corrected chi connectivity index (χ4v) is 5.03. The lowest BCUT2D eigenvalue weighted by Crippen LogP contribution is -2.47. The van der Waals surface area contributed by atoms with Gasteiger partial charge in [-0.25, -0.2) is 8.42 Å². The maximum atomic E-state index is 12.9. The van der Waals surface area contributed by atoms with Gasteiger partial charge in [0.15, 0.2) is 5.88 Å². The second-order valence-corrected chi connectivity index (χ2v) is 9.47. The number of aromatic nitrogens is 2. The molecular weight excluding hydrogens is 468 g/mol. The molecular formula is C21H23ClN6O4S. The Bertz CT molecular complexity index is 1310. The molecule has 33 heavy (non-hydrogen) atoms. The zero-order valence-electron chi connectivity index (χ0n) is 17.8. The van der Waals surface area contributed by atoms with Crippen molar-refractivity contribution in [1.82, 2.24) is 24.5 Å². The van der Waals surface area contributed by atoms with E-state index >= 15 is 0 Å². The number of halogens is 1. The van der Waals surface area contributed by atoms with Crippen molar-refractivity contribution in [1.29, 1.82) is 5.26 Å². The molecule has 2 aromatic heterocycles. The summed E-state index contributed by atoms with van der Waals surface area (Å²) in [5.41, 5.74) is 1.63. The molecule has 1 fully saturated rings. The number of nitriles is 1. The highest BCUT2D eigenvalue weighted by Crippen LogP contribution is 2.36. The number of nitrogens with zero attached hydrogens (tertiary/aromatic N) is 4. The molecule has 10 nitrogen and oxygen atoms in total. The molecule has 3 heterocycles. The highest BCUT2D eigenvalue weighted by molar-refractivity contribution is 7.89. The molecule has 0 radical (unpaired) electrons. The summed E-state index contributed by atoms with van der Waals surface area (Å²) in [6.45, 7) is 2.05. The van der Waals surface area contributed by atoms with Crippen molar-refractivity contribution in [3.8, 4) is 23.2 Å². The van der Waals surface area contributed by atoms with Crippen LogP contribution < -0.4 is 5.32 Å². The number of amides is 1. The summed E-state index contributed by atoms with van der Waals surface area (Å²) < 4.78 is 27.3. The second kappa shape index (κ2) is 9.76. The molecule has 3 aromatic rings. The van der Waals surface area contributed by atoms with Gasteiger partial charge in [-0.2, -0.15) is 9.57 Å². The Hall–Kier alpha value is -3.17. The second-order valence-electron chi connectivity index (χ2n) is 7.54. The highest BCUT2D eigenvalue weighted by atomic mass is 35.5. The standard InChI is InChI=1S/C21H22N6O4S.ClH/c1-26-8-10-27(11-9-26)32(30,31)15-3-5-18(24-13-15)19-16-12-14(20(28)23-7-6-22)2-4-17(16)25-21(19)29;/h2-5,12-13,25,29H,7-11H2,1H3,(H,23,28);1H. The number of pyridine rings is 1. The number of aromatic hydroxyl groups is 1. The Labute approximate surface area is 197 Å². The highest BCUT2D eigenvalue weighted by Gasteiger charge is 2.28. The number of carbonyl (C=O) groups is 1. The van der Waals surface area contributed by atoms with Gasteiger partial charge >= 0.3 is 0 Å². The first-order valence-electron chi connectivity index (χ1n) is 9.96. The number of carbonyl (C=O) groups excluding carboxylic acids is 1. The molecule has 0 bridgehead atoms. The van der Waals surface area contributed by atoms with Crippen LogP contribution in [0.3, 0.4) is 0 Å². The summed E-state index contributed by atoms with van der Waals surface area (Å²) >= 11 is 0.